The average Bonchev–Trinajstić information content (AvgIpc) is 2.64. The Hall–Kier alpha value is -1.32. The number of alkyl halides is 2. The number of aliphatic imine (C=N–C) groups is 1. The van der Waals surface area contributed by atoms with Crippen LogP contribution in [0.15, 0.2) is 29.3 Å². The molecular formula is C21H31F2NOS. The van der Waals surface area contributed by atoms with E-state index in [-0.39, 0.29) is 8.60 Å². The SMILES string of the molecule is CC1CCC(C2CCC(C(F)(F)Oc3ccc(N=C=S)cc3)CC2)CC1.[HH].[HH]. The zero-order valence-electron chi connectivity index (χ0n) is 15.3. The van der Waals surface area contributed by atoms with E-state index in [1.165, 1.54) is 37.8 Å². The van der Waals surface area contributed by atoms with Crippen LogP contribution in [0.3, 0.4) is 0 Å². The molecule has 5 heteroatoms. The molecule has 0 spiro atoms. The van der Waals surface area contributed by atoms with Crippen molar-refractivity contribution >= 4 is 23.1 Å². The van der Waals surface area contributed by atoms with Crippen LogP contribution < -0.4 is 4.74 Å². The smallest absolute Gasteiger partial charge is 0.400 e. The zero-order chi connectivity index (χ0) is 18.6. The van der Waals surface area contributed by atoms with Crippen LogP contribution in [0.4, 0.5) is 14.5 Å². The molecule has 2 saturated carbocycles. The van der Waals surface area contributed by atoms with Gasteiger partial charge in [0.05, 0.1) is 16.8 Å². The molecule has 0 bridgehead atoms. The molecule has 0 radical (unpaired) electrons. The van der Waals surface area contributed by atoms with E-state index < -0.39 is 12.0 Å². The third kappa shape index (κ3) is 4.89. The summed E-state index contributed by atoms with van der Waals surface area (Å²) >= 11 is 4.53. The van der Waals surface area contributed by atoms with Crippen molar-refractivity contribution in [2.24, 2.45) is 28.7 Å². The second-order valence-electron chi connectivity index (χ2n) is 7.99. The van der Waals surface area contributed by atoms with Crippen molar-refractivity contribution in [3.63, 3.8) is 0 Å². The molecule has 0 aromatic heterocycles. The van der Waals surface area contributed by atoms with Crippen molar-refractivity contribution in [2.45, 2.75) is 64.4 Å². The Morgan fingerprint density at radius 3 is 2.08 bits per heavy atom. The minimum Gasteiger partial charge on any atom is -0.432 e. The molecule has 2 fully saturated rings. The molecule has 0 atom stereocenters. The third-order valence-electron chi connectivity index (χ3n) is 6.24. The van der Waals surface area contributed by atoms with E-state index in [1.807, 2.05) is 0 Å². The first kappa shape index (κ1) is 19.4. The maximum Gasteiger partial charge on any atom is 0.400 e. The molecule has 0 unspecified atom stereocenters. The minimum absolute atomic E-state index is 0. The largest absolute Gasteiger partial charge is 0.432 e. The fourth-order valence-electron chi connectivity index (χ4n) is 4.57. The maximum absolute atomic E-state index is 14.6. The maximum atomic E-state index is 14.6. The van der Waals surface area contributed by atoms with E-state index in [1.54, 1.807) is 12.1 Å². The lowest BCUT2D eigenvalue weighted by molar-refractivity contribution is -0.224. The Bertz CT molecular complexity index is 636. The number of hydrogen-bond donors (Lipinski definition) is 0. The van der Waals surface area contributed by atoms with Gasteiger partial charge in [-0.05, 0) is 92.8 Å². The molecule has 2 aliphatic carbocycles. The van der Waals surface area contributed by atoms with Crippen molar-refractivity contribution in [3.05, 3.63) is 24.3 Å². The second kappa shape index (κ2) is 8.58. The van der Waals surface area contributed by atoms with Crippen LogP contribution in [0.2, 0.25) is 0 Å². The molecule has 26 heavy (non-hydrogen) atoms. The van der Waals surface area contributed by atoms with Crippen molar-refractivity contribution < 1.29 is 16.4 Å². The Labute approximate surface area is 163 Å². The summed E-state index contributed by atoms with van der Waals surface area (Å²) in [4.78, 5) is 3.81. The molecule has 0 aliphatic heterocycles. The number of isothiocyanates is 1. The van der Waals surface area contributed by atoms with Gasteiger partial charge in [-0.1, -0.05) is 19.8 Å². The van der Waals surface area contributed by atoms with E-state index in [9.17, 15) is 8.78 Å². The lowest BCUT2D eigenvalue weighted by Gasteiger charge is -2.38. The van der Waals surface area contributed by atoms with E-state index >= 15 is 0 Å². The standard InChI is InChI=1S/C21H27F2NOS.2H2/c1-15-2-4-16(5-3-15)17-6-8-18(9-7-17)21(22,23)25-20-12-10-19(11-13-20)24-14-26;;/h10-13,15-18H,2-9H2,1H3;2*1H. The summed E-state index contributed by atoms with van der Waals surface area (Å²) in [5.74, 6) is 1.68. The highest BCUT2D eigenvalue weighted by Crippen LogP contribution is 2.45. The molecule has 2 aliphatic rings. The number of rotatable bonds is 5. The molecule has 3 rings (SSSR count). The third-order valence-corrected chi connectivity index (χ3v) is 6.33. The predicted molar refractivity (Wildman–Crippen MR) is 108 cm³/mol. The lowest BCUT2D eigenvalue weighted by Crippen LogP contribution is -2.38. The number of benzene rings is 1. The van der Waals surface area contributed by atoms with Gasteiger partial charge in [0.15, 0.2) is 0 Å². The first-order valence-electron chi connectivity index (χ1n) is 9.72. The highest BCUT2D eigenvalue weighted by Gasteiger charge is 2.45. The highest BCUT2D eigenvalue weighted by atomic mass is 32.1. The van der Waals surface area contributed by atoms with Crippen LogP contribution in [0.5, 0.6) is 5.75 Å². The van der Waals surface area contributed by atoms with Crippen LogP contribution in [-0.2, 0) is 0 Å². The minimum atomic E-state index is -3.12. The molecule has 0 heterocycles. The average molecular weight is 384 g/mol. The van der Waals surface area contributed by atoms with Crippen molar-refractivity contribution in [1.29, 1.82) is 0 Å². The molecule has 146 valence electrons. The number of hydrogen-bond acceptors (Lipinski definition) is 3. The lowest BCUT2D eigenvalue weighted by atomic mass is 9.69. The number of nitrogens with zero attached hydrogens (tertiary/aromatic N) is 1. The predicted octanol–water partition coefficient (Wildman–Crippen LogP) is 7.52. The van der Waals surface area contributed by atoms with Gasteiger partial charge in [-0.2, -0.15) is 13.8 Å². The van der Waals surface area contributed by atoms with Gasteiger partial charge < -0.3 is 4.74 Å². The monoisotopic (exact) mass is 383 g/mol. The molecule has 1 aromatic carbocycles. The van der Waals surface area contributed by atoms with Gasteiger partial charge in [0, 0.05) is 2.85 Å². The van der Waals surface area contributed by atoms with Crippen molar-refractivity contribution in [1.82, 2.24) is 0 Å². The van der Waals surface area contributed by atoms with Gasteiger partial charge in [0.2, 0.25) is 0 Å². The Kier molecular flexibility index (Phi) is 6.42. The summed E-state index contributed by atoms with van der Waals surface area (Å²) in [6.45, 7) is 2.32. The number of ether oxygens (including phenoxy) is 1. The fourth-order valence-corrected chi connectivity index (χ4v) is 4.67. The van der Waals surface area contributed by atoms with E-state index in [4.69, 9.17) is 4.74 Å². The molecule has 0 amide bonds. The quantitative estimate of drug-likeness (QED) is 0.387. The van der Waals surface area contributed by atoms with E-state index in [2.05, 4.69) is 29.3 Å². The Balaban J connectivity index is 0.00000196. The van der Waals surface area contributed by atoms with Gasteiger partial charge in [0.25, 0.3) is 0 Å². The van der Waals surface area contributed by atoms with Gasteiger partial charge in [-0.25, -0.2) is 0 Å². The molecule has 0 saturated heterocycles. The van der Waals surface area contributed by atoms with Crippen molar-refractivity contribution in [3.8, 4) is 5.75 Å². The summed E-state index contributed by atoms with van der Waals surface area (Å²) in [5, 5.41) is 2.26. The second-order valence-corrected chi connectivity index (χ2v) is 8.18. The van der Waals surface area contributed by atoms with Crippen LogP contribution in [0.1, 0.15) is 61.1 Å². The van der Waals surface area contributed by atoms with Crippen LogP contribution in [-0.4, -0.2) is 11.3 Å². The summed E-state index contributed by atoms with van der Waals surface area (Å²) in [6.07, 6.45) is 4.95. The van der Waals surface area contributed by atoms with Crippen LogP contribution >= 0.6 is 12.2 Å². The summed E-state index contributed by atoms with van der Waals surface area (Å²) in [7, 11) is 0. The topological polar surface area (TPSA) is 21.6 Å². The zero-order valence-corrected chi connectivity index (χ0v) is 16.1. The van der Waals surface area contributed by atoms with Crippen LogP contribution in [0, 0.1) is 23.7 Å². The summed E-state index contributed by atoms with van der Waals surface area (Å²) in [5.41, 5.74) is 0.581. The highest BCUT2D eigenvalue weighted by molar-refractivity contribution is 7.78. The normalized spacial score (nSPS) is 29.7. The van der Waals surface area contributed by atoms with E-state index in [0.29, 0.717) is 24.4 Å². The summed E-state index contributed by atoms with van der Waals surface area (Å²) < 4.78 is 34.2. The Morgan fingerprint density at radius 2 is 1.54 bits per heavy atom. The van der Waals surface area contributed by atoms with Crippen LogP contribution in [0.25, 0.3) is 0 Å². The van der Waals surface area contributed by atoms with Gasteiger partial charge in [-0.15, -0.1) is 0 Å². The first-order valence-corrected chi connectivity index (χ1v) is 10.1. The number of halogens is 2. The van der Waals surface area contributed by atoms with Gasteiger partial charge >= 0.3 is 6.11 Å². The summed E-state index contributed by atoms with van der Waals surface area (Å²) in [6, 6.07) is 6.22. The fraction of sp³-hybridized carbons (Fsp3) is 0.667. The number of thiocarbonyl (C=S) groups is 1. The van der Waals surface area contributed by atoms with Gasteiger partial charge in [-0.3, -0.25) is 0 Å². The van der Waals surface area contributed by atoms with Gasteiger partial charge in [0.1, 0.15) is 5.75 Å². The molecule has 2 nitrogen and oxygen atoms in total. The van der Waals surface area contributed by atoms with E-state index in [0.717, 1.165) is 24.7 Å². The molecule has 1 aromatic rings. The first-order chi connectivity index (χ1) is 12.5. The molecular weight excluding hydrogens is 352 g/mol. The molecule has 0 N–H and O–H groups in total. The van der Waals surface area contributed by atoms with Crippen molar-refractivity contribution in [2.75, 3.05) is 0 Å². The Morgan fingerprint density at radius 1 is 1.00 bits per heavy atom.